The van der Waals surface area contributed by atoms with Crippen molar-refractivity contribution in [2.24, 2.45) is 7.05 Å². The topological polar surface area (TPSA) is 89.4 Å². The number of carbonyl (C=O) groups excluding carboxylic acids is 2. The van der Waals surface area contributed by atoms with Gasteiger partial charge in [0.1, 0.15) is 5.75 Å². The van der Waals surface area contributed by atoms with Crippen molar-refractivity contribution in [3.8, 4) is 5.75 Å². The normalized spacial score (nSPS) is 13.9. The summed E-state index contributed by atoms with van der Waals surface area (Å²) >= 11 is 1.30. The van der Waals surface area contributed by atoms with Gasteiger partial charge in [0, 0.05) is 18.1 Å². The highest BCUT2D eigenvalue weighted by molar-refractivity contribution is 7.99. The fraction of sp³-hybridized carbons (Fsp3) is 0.200. The minimum atomic E-state index is -0.353. The lowest BCUT2D eigenvalue weighted by Crippen LogP contribution is -2.41. The Labute approximate surface area is 200 Å². The van der Waals surface area contributed by atoms with E-state index in [-0.39, 0.29) is 30.2 Å². The van der Waals surface area contributed by atoms with Crippen molar-refractivity contribution in [3.63, 3.8) is 0 Å². The zero-order valence-corrected chi connectivity index (χ0v) is 19.6. The van der Waals surface area contributed by atoms with Crippen LogP contribution in [-0.4, -0.2) is 38.9 Å². The van der Waals surface area contributed by atoms with Crippen molar-refractivity contribution in [3.05, 3.63) is 72.6 Å². The Kier molecular flexibility index (Phi) is 5.93. The van der Waals surface area contributed by atoms with E-state index in [1.165, 1.54) is 11.8 Å². The molecule has 0 unspecified atom stereocenters. The number of thioether (sulfide) groups is 1. The summed E-state index contributed by atoms with van der Waals surface area (Å²) in [4.78, 5) is 27.0. The van der Waals surface area contributed by atoms with Crippen LogP contribution in [-0.2, 0) is 16.6 Å². The summed E-state index contributed by atoms with van der Waals surface area (Å²) < 4.78 is 7.37. The first kappa shape index (κ1) is 22.0. The number of nitrogens with one attached hydrogen (secondary N) is 1. The molecule has 34 heavy (non-hydrogen) atoms. The van der Waals surface area contributed by atoms with Crippen LogP contribution in [0.4, 0.5) is 11.4 Å². The number of benzene rings is 3. The van der Waals surface area contributed by atoms with E-state index < -0.39 is 0 Å². The van der Waals surface area contributed by atoms with Crippen molar-refractivity contribution in [2.75, 3.05) is 22.6 Å². The fourth-order valence-electron chi connectivity index (χ4n) is 4.13. The van der Waals surface area contributed by atoms with E-state index in [1.807, 2.05) is 85.3 Å². The van der Waals surface area contributed by atoms with Crippen molar-refractivity contribution in [1.82, 2.24) is 14.8 Å². The van der Waals surface area contributed by atoms with Gasteiger partial charge in [0.15, 0.2) is 17.6 Å². The van der Waals surface area contributed by atoms with Crippen LogP contribution < -0.4 is 15.0 Å². The number of nitrogens with zero attached hydrogens (tertiary/aromatic N) is 4. The summed E-state index contributed by atoms with van der Waals surface area (Å²) in [5.41, 5.74) is 1.48. The molecule has 1 atom stereocenters. The van der Waals surface area contributed by atoms with Gasteiger partial charge in [-0.15, -0.1) is 10.2 Å². The maximum Gasteiger partial charge on any atom is 0.265 e. The second kappa shape index (κ2) is 9.18. The second-order valence-electron chi connectivity index (χ2n) is 7.96. The smallest absolute Gasteiger partial charge is 0.265 e. The van der Waals surface area contributed by atoms with Gasteiger partial charge < -0.3 is 14.6 Å². The predicted octanol–water partition coefficient (Wildman–Crippen LogP) is 4.19. The molecule has 172 valence electrons. The first-order valence-corrected chi connectivity index (χ1v) is 11.8. The van der Waals surface area contributed by atoms with E-state index in [0.717, 1.165) is 16.5 Å². The van der Waals surface area contributed by atoms with Crippen molar-refractivity contribution < 1.29 is 14.3 Å². The first-order chi connectivity index (χ1) is 16.5. The summed E-state index contributed by atoms with van der Waals surface area (Å²) in [5.74, 6) is 1.20. The molecule has 2 heterocycles. The molecule has 0 fully saturated rings. The molecular formula is C25H23N5O3S. The fourth-order valence-corrected chi connectivity index (χ4v) is 4.85. The van der Waals surface area contributed by atoms with Crippen LogP contribution in [0.3, 0.4) is 0 Å². The Bertz CT molecular complexity index is 1380. The average molecular weight is 474 g/mol. The highest BCUT2D eigenvalue weighted by Gasteiger charge is 2.32. The molecule has 0 radical (unpaired) electrons. The van der Waals surface area contributed by atoms with E-state index in [1.54, 1.807) is 4.90 Å². The zero-order valence-electron chi connectivity index (χ0n) is 18.8. The Morgan fingerprint density at radius 2 is 1.85 bits per heavy atom. The number of hydrogen-bond donors (Lipinski definition) is 1. The van der Waals surface area contributed by atoms with Crippen molar-refractivity contribution in [1.29, 1.82) is 0 Å². The van der Waals surface area contributed by atoms with Crippen LogP contribution in [0.15, 0.2) is 71.9 Å². The number of para-hydroxylation sites is 2. The molecule has 9 heteroatoms. The third kappa shape index (κ3) is 4.10. The Morgan fingerprint density at radius 3 is 2.74 bits per heavy atom. The van der Waals surface area contributed by atoms with Gasteiger partial charge in [-0.2, -0.15) is 0 Å². The molecule has 0 saturated carbocycles. The van der Waals surface area contributed by atoms with Crippen LogP contribution in [0.5, 0.6) is 5.75 Å². The molecule has 1 N–H and O–H groups in total. The summed E-state index contributed by atoms with van der Waals surface area (Å²) in [6, 6.07) is 20.8. The Morgan fingerprint density at radius 1 is 1.09 bits per heavy atom. The average Bonchev–Trinajstić information content (AvgIpc) is 3.22. The van der Waals surface area contributed by atoms with E-state index in [9.17, 15) is 9.59 Å². The van der Waals surface area contributed by atoms with Gasteiger partial charge in [-0.3, -0.25) is 14.5 Å². The molecule has 1 aromatic heterocycles. The van der Waals surface area contributed by atoms with Crippen molar-refractivity contribution >= 4 is 45.7 Å². The van der Waals surface area contributed by atoms with Crippen molar-refractivity contribution in [2.45, 2.75) is 18.1 Å². The van der Waals surface area contributed by atoms with E-state index in [4.69, 9.17) is 4.74 Å². The molecule has 0 aliphatic carbocycles. The van der Waals surface area contributed by atoms with Crippen LogP contribution in [0.1, 0.15) is 18.8 Å². The van der Waals surface area contributed by atoms with Gasteiger partial charge in [-0.05, 0) is 30.5 Å². The van der Waals surface area contributed by atoms with E-state index in [0.29, 0.717) is 22.4 Å². The minimum Gasteiger partial charge on any atom is -0.482 e. The number of aromatic nitrogens is 3. The standard InChI is InChI=1S/C25H23N5O3S/c1-16(30-20-12-5-6-13-21(20)33-14-23(30)32)24-27-28-25(29(24)2)34-15-22(31)26-19-11-7-9-17-8-3-4-10-18(17)19/h3-13,16H,14-15H2,1-2H3,(H,26,31)/t16-/m0/s1. The lowest BCUT2D eigenvalue weighted by Gasteiger charge is -2.33. The lowest BCUT2D eigenvalue weighted by atomic mass is 10.1. The monoisotopic (exact) mass is 473 g/mol. The molecule has 0 spiro atoms. The van der Waals surface area contributed by atoms with Gasteiger partial charge in [-0.25, -0.2) is 0 Å². The van der Waals surface area contributed by atoms with Gasteiger partial charge >= 0.3 is 0 Å². The molecule has 3 aromatic carbocycles. The SMILES string of the molecule is C[C@@H](c1nnc(SCC(=O)Nc2cccc3ccccc23)n1C)N1C(=O)COc2ccccc21. The second-order valence-corrected chi connectivity index (χ2v) is 8.90. The largest absolute Gasteiger partial charge is 0.482 e. The quantitative estimate of drug-likeness (QED) is 0.423. The molecule has 8 nitrogen and oxygen atoms in total. The molecule has 2 amide bonds. The third-order valence-electron chi connectivity index (χ3n) is 5.77. The number of rotatable bonds is 6. The number of carbonyl (C=O) groups is 2. The zero-order chi connectivity index (χ0) is 23.7. The summed E-state index contributed by atoms with van der Waals surface area (Å²) in [6.07, 6.45) is 0. The van der Waals surface area contributed by atoms with Crippen LogP contribution >= 0.6 is 11.8 Å². The molecular weight excluding hydrogens is 450 g/mol. The predicted molar refractivity (Wildman–Crippen MR) is 132 cm³/mol. The number of ether oxygens (including phenoxy) is 1. The van der Waals surface area contributed by atoms with Crippen LogP contribution in [0.2, 0.25) is 0 Å². The molecule has 1 aliphatic heterocycles. The molecule has 0 saturated heterocycles. The van der Waals surface area contributed by atoms with Gasteiger partial charge in [0.25, 0.3) is 5.91 Å². The number of amides is 2. The minimum absolute atomic E-state index is 0.0187. The number of fused-ring (bicyclic) bond motifs is 2. The van der Waals surface area contributed by atoms with Gasteiger partial charge in [-0.1, -0.05) is 60.3 Å². The van der Waals surface area contributed by atoms with Crippen LogP contribution in [0.25, 0.3) is 10.8 Å². The van der Waals surface area contributed by atoms with E-state index in [2.05, 4.69) is 15.5 Å². The third-order valence-corrected chi connectivity index (χ3v) is 6.79. The van der Waals surface area contributed by atoms with Crippen LogP contribution in [0, 0.1) is 0 Å². The Hall–Kier alpha value is -3.85. The summed E-state index contributed by atoms with van der Waals surface area (Å²) in [6.45, 7) is 1.89. The molecule has 0 bridgehead atoms. The lowest BCUT2D eigenvalue weighted by molar-refractivity contribution is -0.121. The van der Waals surface area contributed by atoms with Gasteiger partial charge in [0.2, 0.25) is 5.91 Å². The molecule has 4 aromatic rings. The maximum atomic E-state index is 12.7. The molecule has 1 aliphatic rings. The number of anilines is 2. The summed E-state index contributed by atoms with van der Waals surface area (Å²) in [7, 11) is 1.84. The first-order valence-electron chi connectivity index (χ1n) is 10.9. The highest BCUT2D eigenvalue weighted by atomic mass is 32.2. The summed E-state index contributed by atoms with van der Waals surface area (Å²) in [5, 5.41) is 14.2. The van der Waals surface area contributed by atoms with E-state index >= 15 is 0 Å². The Balaban J connectivity index is 1.29. The highest BCUT2D eigenvalue weighted by Crippen LogP contribution is 2.37. The number of hydrogen-bond acceptors (Lipinski definition) is 6. The molecule has 5 rings (SSSR count). The van der Waals surface area contributed by atoms with Gasteiger partial charge in [0.05, 0.1) is 17.5 Å². The maximum absolute atomic E-state index is 12.7.